The number of thiophene rings is 1. The second-order valence-corrected chi connectivity index (χ2v) is 4.79. The number of hydrogen-bond donors (Lipinski definition) is 2. The number of halogens is 4. The van der Waals surface area contributed by atoms with Crippen LogP contribution in [0.3, 0.4) is 0 Å². The third-order valence-electron chi connectivity index (χ3n) is 1.63. The van der Waals surface area contributed by atoms with Crippen LogP contribution in [-0.2, 0) is 4.79 Å². The molecule has 0 saturated heterocycles. The van der Waals surface area contributed by atoms with Crippen molar-refractivity contribution in [2.24, 2.45) is 0 Å². The summed E-state index contributed by atoms with van der Waals surface area (Å²) in [7, 11) is 0. The van der Waals surface area contributed by atoms with E-state index in [-0.39, 0.29) is 0 Å². The van der Waals surface area contributed by atoms with Gasteiger partial charge in [0.15, 0.2) is 0 Å². The third-order valence-corrected chi connectivity index (χ3v) is 3.38. The van der Waals surface area contributed by atoms with Crippen LogP contribution in [0.4, 0.5) is 13.2 Å². The molecule has 0 saturated carbocycles. The van der Waals surface area contributed by atoms with Gasteiger partial charge in [0.1, 0.15) is 6.04 Å². The fourth-order valence-electron chi connectivity index (χ4n) is 1.01. The van der Waals surface area contributed by atoms with Gasteiger partial charge in [-0.15, -0.1) is 11.3 Å². The van der Waals surface area contributed by atoms with Crippen molar-refractivity contribution in [3.63, 3.8) is 0 Å². The molecule has 3 nitrogen and oxygen atoms in total. The Morgan fingerprint density at radius 1 is 1.62 bits per heavy atom. The van der Waals surface area contributed by atoms with E-state index in [1.807, 2.05) is 5.32 Å². The van der Waals surface area contributed by atoms with E-state index in [0.29, 0.717) is 9.35 Å². The van der Waals surface area contributed by atoms with Crippen LogP contribution in [0.15, 0.2) is 15.9 Å². The average molecular weight is 318 g/mol. The number of rotatable bonds is 4. The number of alkyl halides is 3. The monoisotopic (exact) mass is 317 g/mol. The molecular formula is C8H7BrF3NO2S. The van der Waals surface area contributed by atoms with Crippen LogP contribution < -0.4 is 5.32 Å². The van der Waals surface area contributed by atoms with Crippen LogP contribution in [0.2, 0.25) is 0 Å². The lowest BCUT2D eigenvalue weighted by atomic mass is 10.2. The van der Waals surface area contributed by atoms with Gasteiger partial charge in [-0.2, -0.15) is 13.2 Å². The van der Waals surface area contributed by atoms with E-state index in [9.17, 15) is 18.0 Å². The number of carboxylic acids is 1. The second-order valence-electron chi connectivity index (χ2n) is 2.93. The summed E-state index contributed by atoms with van der Waals surface area (Å²) in [6.07, 6.45) is -4.43. The van der Waals surface area contributed by atoms with E-state index in [1.54, 1.807) is 5.38 Å². The Morgan fingerprint density at radius 2 is 2.25 bits per heavy atom. The summed E-state index contributed by atoms with van der Waals surface area (Å²) in [6, 6.07) is 0.144. The van der Waals surface area contributed by atoms with Crippen molar-refractivity contribution in [2.75, 3.05) is 6.54 Å². The zero-order valence-electron chi connectivity index (χ0n) is 7.71. The molecule has 1 heterocycles. The molecule has 0 spiro atoms. The summed E-state index contributed by atoms with van der Waals surface area (Å²) in [5.41, 5.74) is 0. The standard InChI is InChI=1S/C8H7BrF3NO2S/c9-4-1-5(16-2-4)6(7(14)15)13-3-8(10,11)12/h1-2,6,13H,3H2,(H,14,15). The number of carboxylic acid groups (broad SMARTS) is 1. The Balaban J connectivity index is 2.73. The minimum absolute atomic E-state index is 0.323. The summed E-state index contributed by atoms with van der Waals surface area (Å²) in [5, 5.41) is 12.4. The molecule has 0 aliphatic rings. The van der Waals surface area contributed by atoms with Crippen molar-refractivity contribution in [2.45, 2.75) is 12.2 Å². The van der Waals surface area contributed by atoms with Gasteiger partial charge in [-0.25, -0.2) is 0 Å². The summed E-state index contributed by atoms with van der Waals surface area (Å²) >= 11 is 4.19. The lowest BCUT2D eigenvalue weighted by molar-refractivity contribution is -0.143. The SMILES string of the molecule is O=C(O)C(NCC(F)(F)F)c1cc(Br)cs1. The van der Waals surface area contributed by atoms with Gasteiger partial charge in [0.2, 0.25) is 0 Å². The highest BCUT2D eigenvalue weighted by Gasteiger charge is 2.31. The summed E-state index contributed by atoms with van der Waals surface area (Å²) in [6.45, 7) is -1.33. The van der Waals surface area contributed by atoms with Crippen LogP contribution in [0.1, 0.15) is 10.9 Å². The smallest absolute Gasteiger partial charge is 0.401 e. The van der Waals surface area contributed by atoms with E-state index in [1.165, 1.54) is 6.07 Å². The second kappa shape index (κ2) is 5.15. The Labute approximate surface area is 101 Å². The zero-order valence-corrected chi connectivity index (χ0v) is 10.1. The van der Waals surface area contributed by atoms with Crippen LogP contribution in [-0.4, -0.2) is 23.8 Å². The molecule has 0 bridgehead atoms. The molecule has 0 aliphatic carbocycles. The predicted molar refractivity (Wildman–Crippen MR) is 56.5 cm³/mol. The Kier molecular flexibility index (Phi) is 4.34. The highest BCUT2D eigenvalue weighted by molar-refractivity contribution is 9.10. The molecule has 0 amide bonds. The van der Waals surface area contributed by atoms with E-state index < -0.39 is 24.7 Å². The molecule has 1 atom stereocenters. The molecule has 1 aromatic rings. The highest BCUT2D eigenvalue weighted by Crippen LogP contribution is 2.26. The zero-order chi connectivity index (χ0) is 12.3. The van der Waals surface area contributed by atoms with E-state index in [0.717, 1.165) is 11.3 Å². The Morgan fingerprint density at radius 3 is 2.62 bits per heavy atom. The molecule has 2 N–H and O–H groups in total. The van der Waals surface area contributed by atoms with Crippen LogP contribution in [0, 0.1) is 0 Å². The van der Waals surface area contributed by atoms with E-state index in [2.05, 4.69) is 15.9 Å². The maximum atomic E-state index is 11.9. The largest absolute Gasteiger partial charge is 0.480 e. The van der Waals surface area contributed by atoms with Gasteiger partial charge >= 0.3 is 12.1 Å². The van der Waals surface area contributed by atoms with E-state index >= 15 is 0 Å². The molecule has 0 aromatic carbocycles. The van der Waals surface area contributed by atoms with Gasteiger partial charge in [-0.3, -0.25) is 10.1 Å². The topological polar surface area (TPSA) is 49.3 Å². The lowest BCUT2D eigenvalue weighted by Gasteiger charge is -2.14. The van der Waals surface area contributed by atoms with Gasteiger partial charge in [-0.1, -0.05) is 0 Å². The van der Waals surface area contributed by atoms with Gasteiger partial charge in [0, 0.05) is 14.7 Å². The Bertz CT molecular complexity index is 380. The normalized spacial score (nSPS) is 13.8. The van der Waals surface area contributed by atoms with Gasteiger partial charge in [0.25, 0.3) is 0 Å². The van der Waals surface area contributed by atoms with Crippen molar-refractivity contribution < 1.29 is 23.1 Å². The number of carbonyl (C=O) groups is 1. The van der Waals surface area contributed by atoms with Crippen molar-refractivity contribution in [3.8, 4) is 0 Å². The number of nitrogens with one attached hydrogen (secondary N) is 1. The molecular weight excluding hydrogens is 311 g/mol. The van der Waals surface area contributed by atoms with Gasteiger partial charge in [0.05, 0.1) is 6.54 Å². The molecule has 0 fully saturated rings. The number of aliphatic carboxylic acids is 1. The molecule has 0 radical (unpaired) electrons. The predicted octanol–water partition coefficient (Wildman–Crippen LogP) is 2.79. The first-order chi connectivity index (χ1) is 7.29. The third kappa shape index (κ3) is 4.11. The van der Waals surface area contributed by atoms with Crippen LogP contribution in [0.5, 0.6) is 0 Å². The first kappa shape index (κ1) is 13.5. The first-order valence-corrected chi connectivity index (χ1v) is 5.74. The van der Waals surface area contributed by atoms with Crippen LogP contribution in [0.25, 0.3) is 0 Å². The van der Waals surface area contributed by atoms with Crippen molar-refractivity contribution >= 4 is 33.2 Å². The fraction of sp³-hybridized carbons (Fsp3) is 0.375. The first-order valence-electron chi connectivity index (χ1n) is 4.06. The molecule has 90 valence electrons. The van der Waals surface area contributed by atoms with Crippen LogP contribution >= 0.6 is 27.3 Å². The lowest BCUT2D eigenvalue weighted by Crippen LogP contribution is -2.35. The average Bonchev–Trinajstić information content (AvgIpc) is 2.49. The molecule has 8 heteroatoms. The maximum Gasteiger partial charge on any atom is 0.401 e. The van der Waals surface area contributed by atoms with Crippen molar-refractivity contribution in [3.05, 3.63) is 20.8 Å². The molecule has 0 aliphatic heterocycles. The van der Waals surface area contributed by atoms with Crippen molar-refractivity contribution in [1.82, 2.24) is 5.32 Å². The van der Waals surface area contributed by atoms with E-state index in [4.69, 9.17) is 5.11 Å². The number of hydrogen-bond acceptors (Lipinski definition) is 3. The van der Waals surface area contributed by atoms with Crippen molar-refractivity contribution in [1.29, 1.82) is 0 Å². The highest BCUT2D eigenvalue weighted by atomic mass is 79.9. The molecule has 1 rings (SSSR count). The minimum Gasteiger partial charge on any atom is -0.480 e. The quantitative estimate of drug-likeness (QED) is 0.897. The molecule has 1 aromatic heterocycles. The fourth-order valence-corrected chi connectivity index (χ4v) is 2.52. The molecule has 16 heavy (non-hydrogen) atoms. The minimum atomic E-state index is -4.43. The molecule has 1 unspecified atom stereocenters. The maximum absolute atomic E-state index is 11.9. The summed E-state index contributed by atoms with van der Waals surface area (Å²) in [4.78, 5) is 11.1. The van der Waals surface area contributed by atoms with Gasteiger partial charge in [-0.05, 0) is 22.0 Å². The Hall–Kier alpha value is -0.600. The summed E-state index contributed by atoms with van der Waals surface area (Å²) in [5.74, 6) is -1.33. The van der Waals surface area contributed by atoms with Gasteiger partial charge < -0.3 is 5.11 Å². The summed E-state index contributed by atoms with van der Waals surface area (Å²) < 4.78 is 36.5.